The van der Waals surface area contributed by atoms with E-state index in [0.29, 0.717) is 0 Å². The predicted molar refractivity (Wildman–Crippen MR) is 123 cm³/mol. The molecule has 0 atom stereocenters. The lowest BCUT2D eigenvalue weighted by atomic mass is 10.2. The molecule has 4 rings (SSSR count). The standard InChI is InChI=1S/C22H32N6S/c1-2-23-21(27-16-14-26(15-17-27)20-8-4-3-5-9-20)24-11-10-19-18-29-22(25-19)28-12-6-7-13-28/h3-5,8-9,18H,2,6-7,10-17H2,1H3,(H,23,24). The van der Waals surface area contributed by atoms with Crippen LogP contribution >= 0.6 is 11.3 Å². The fourth-order valence-corrected chi connectivity index (χ4v) is 4.90. The molecule has 0 amide bonds. The van der Waals surface area contributed by atoms with E-state index in [2.05, 4.69) is 62.7 Å². The van der Waals surface area contributed by atoms with E-state index in [1.54, 1.807) is 11.3 Å². The molecule has 2 fully saturated rings. The summed E-state index contributed by atoms with van der Waals surface area (Å²) in [5, 5.41) is 6.86. The molecule has 0 spiro atoms. The van der Waals surface area contributed by atoms with Crippen molar-refractivity contribution >= 4 is 28.1 Å². The minimum Gasteiger partial charge on any atom is -0.368 e. The van der Waals surface area contributed by atoms with Crippen LogP contribution in [0.25, 0.3) is 0 Å². The molecule has 0 aliphatic carbocycles. The van der Waals surface area contributed by atoms with Crippen molar-refractivity contribution in [1.82, 2.24) is 15.2 Å². The van der Waals surface area contributed by atoms with Gasteiger partial charge in [-0.2, -0.15) is 0 Å². The maximum Gasteiger partial charge on any atom is 0.194 e. The lowest BCUT2D eigenvalue weighted by Crippen LogP contribution is -2.52. The average molecular weight is 413 g/mol. The van der Waals surface area contributed by atoms with Gasteiger partial charge in [-0.15, -0.1) is 11.3 Å². The van der Waals surface area contributed by atoms with Crippen molar-refractivity contribution in [2.24, 2.45) is 4.99 Å². The summed E-state index contributed by atoms with van der Waals surface area (Å²) in [5.41, 5.74) is 2.48. The second-order valence-corrected chi connectivity index (χ2v) is 8.45. The van der Waals surface area contributed by atoms with Crippen LogP contribution in [0.4, 0.5) is 10.8 Å². The third kappa shape index (κ3) is 5.21. The molecule has 0 bridgehead atoms. The van der Waals surface area contributed by atoms with Crippen LogP contribution in [-0.4, -0.2) is 68.2 Å². The number of hydrogen-bond donors (Lipinski definition) is 1. The SMILES string of the molecule is CCNC(=NCCc1csc(N2CCCC2)n1)N1CCN(c2ccccc2)CC1. The molecule has 29 heavy (non-hydrogen) atoms. The number of thiazole rings is 1. The maximum absolute atomic E-state index is 4.90. The Kier molecular flexibility index (Phi) is 6.87. The Balaban J connectivity index is 1.30. The highest BCUT2D eigenvalue weighted by Crippen LogP contribution is 2.24. The molecule has 1 aromatic heterocycles. The summed E-state index contributed by atoms with van der Waals surface area (Å²) in [7, 11) is 0. The van der Waals surface area contributed by atoms with Crippen LogP contribution in [0.2, 0.25) is 0 Å². The van der Waals surface area contributed by atoms with Crippen LogP contribution in [0.1, 0.15) is 25.5 Å². The number of guanidine groups is 1. The van der Waals surface area contributed by atoms with Crippen LogP contribution in [-0.2, 0) is 6.42 Å². The second kappa shape index (κ2) is 9.96. The first-order valence-corrected chi connectivity index (χ1v) is 11.7. The molecular formula is C22H32N6S. The molecule has 7 heteroatoms. The van der Waals surface area contributed by atoms with Crippen molar-refractivity contribution in [2.75, 3.05) is 62.2 Å². The number of hydrogen-bond acceptors (Lipinski definition) is 5. The Bertz CT molecular complexity index is 776. The quantitative estimate of drug-likeness (QED) is 0.584. The fourth-order valence-electron chi connectivity index (χ4n) is 3.98. The molecule has 0 saturated carbocycles. The number of para-hydroxylation sites is 1. The average Bonchev–Trinajstić information content (AvgIpc) is 3.46. The molecule has 1 aromatic carbocycles. The highest BCUT2D eigenvalue weighted by Gasteiger charge is 2.20. The molecule has 1 N–H and O–H groups in total. The number of aromatic nitrogens is 1. The van der Waals surface area contributed by atoms with E-state index < -0.39 is 0 Å². The molecule has 2 aliphatic rings. The van der Waals surface area contributed by atoms with Gasteiger partial charge in [0.2, 0.25) is 0 Å². The van der Waals surface area contributed by atoms with E-state index in [0.717, 1.165) is 64.7 Å². The van der Waals surface area contributed by atoms with E-state index in [1.807, 2.05) is 0 Å². The summed E-state index contributed by atoms with van der Waals surface area (Å²) in [6, 6.07) is 10.7. The molecule has 2 saturated heterocycles. The molecule has 3 heterocycles. The predicted octanol–water partition coefficient (Wildman–Crippen LogP) is 3.07. The molecule has 6 nitrogen and oxygen atoms in total. The molecule has 0 unspecified atom stereocenters. The van der Waals surface area contributed by atoms with Gasteiger partial charge in [0.1, 0.15) is 0 Å². The third-order valence-corrected chi connectivity index (χ3v) is 6.53. The summed E-state index contributed by atoms with van der Waals surface area (Å²) < 4.78 is 0. The molecule has 0 radical (unpaired) electrons. The van der Waals surface area contributed by atoms with E-state index in [9.17, 15) is 0 Å². The van der Waals surface area contributed by atoms with Gasteiger partial charge in [0.15, 0.2) is 11.1 Å². The maximum atomic E-state index is 4.90. The van der Waals surface area contributed by atoms with Gasteiger partial charge in [-0.3, -0.25) is 4.99 Å². The number of anilines is 2. The van der Waals surface area contributed by atoms with Crippen LogP contribution in [0.3, 0.4) is 0 Å². The number of rotatable bonds is 6. The van der Waals surface area contributed by atoms with Crippen LogP contribution in [0.5, 0.6) is 0 Å². The van der Waals surface area contributed by atoms with E-state index in [-0.39, 0.29) is 0 Å². The zero-order valence-corrected chi connectivity index (χ0v) is 18.2. The minimum atomic E-state index is 0.782. The molecular weight excluding hydrogens is 380 g/mol. The van der Waals surface area contributed by atoms with Crippen molar-refractivity contribution in [3.05, 3.63) is 41.4 Å². The first-order valence-electron chi connectivity index (χ1n) is 10.9. The summed E-state index contributed by atoms with van der Waals surface area (Å²) in [5.74, 6) is 1.04. The van der Waals surface area contributed by atoms with Crippen molar-refractivity contribution in [3.8, 4) is 0 Å². The Hall–Kier alpha value is -2.28. The fraction of sp³-hybridized carbons (Fsp3) is 0.545. The lowest BCUT2D eigenvalue weighted by Gasteiger charge is -2.37. The van der Waals surface area contributed by atoms with Gasteiger partial charge < -0.3 is 20.0 Å². The van der Waals surface area contributed by atoms with Crippen LogP contribution in [0, 0.1) is 0 Å². The summed E-state index contributed by atoms with van der Waals surface area (Å²) >= 11 is 1.78. The van der Waals surface area contributed by atoms with Gasteiger partial charge in [0, 0.05) is 69.8 Å². The van der Waals surface area contributed by atoms with Gasteiger partial charge in [0.05, 0.1) is 5.69 Å². The third-order valence-electron chi connectivity index (χ3n) is 5.58. The Morgan fingerprint density at radius 1 is 1.03 bits per heavy atom. The van der Waals surface area contributed by atoms with E-state index in [4.69, 9.17) is 9.98 Å². The Labute approximate surface area is 178 Å². The minimum absolute atomic E-state index is 0.782. The second-order valence-electron chi connectivity index (χ2n) is 7.61. The smallest absolute Gasteiger partial charge is 0.194 e. The first-order chi connectivity index (χ1) is 14.3. The first kappa shape index (κ1) is 20.0. The number of piperazine rings is 1. The van der Waals surface area contributed by atoms with Gasteiger partial charge in [0.25, 0.3) is 0 Å². The number of benzene rings is 1. The summed E-state index contributed by atoms with van der Waals surface area (Å²) in [4.78, 5) is 17.0. The molecule has 156 valence electrons. The van der Waals surface area contributed by atoms with Crippen LogP contribution < -0.4 is 15.1 Å². The van der Waals surface area contributed by atoms with Gasteiger partial charge >= 0.3 is 0 Å². The van der Waals surface area contributed by atoms with Crippen LogP contribution in [0.15, 0.2) is 40.7 Å². The van der Waals surface area contributed by atoms with Crippen molar-refractivity contribution in [1.29, 1.82) is 0 Å². The highest BCUT2D eigenvalue weighted by atomic mass is 32.1. The monoisotopic (exact) mass is 412 g/mol. The summed E-state index contributed by atoms with van der Waals surface area (Å²) in [6.45, 7) is 10.2. The van der Waals surface area contributed by atoms with Gasteiger partial charge in [-0.1, -0.05) is 18.2 Å². The van der Waals surface area contributed by atoms with Crippen molar-refractivity contribution in [3.63, 3.8) is 0 Å². The zero-order chi connectivity index (χ0) is 19.9. The normalized spacial score (nSPS) is 17.8. The van der Waals surface area contributed by atoms with Gasteiger partial charge in [-0.25, -0.2) is 4.98 Å². The van der Waals surface area contributed by atoms with Crippen molar-refractivity contribution < 1.29 is 0 Å². The Morgan fingerprint density at radius 2 is 1.79 bits per heavy atom. The lowest BCUT2D eigenvalue weighted by molar-refractivity contribution is 0.372. The van der Waals surface area contributed by atoms with Gasteiger partial charge in [-0.05, 0) is 31.9 Å². The van der Waals surface area contributed by atoms with E-state index >= 15 is 0 Å². The highest BCUT2D eigenvalue weighted by molar-refractivity contribution is 7.13. The number of nitrogens with one attached hydrogen (secondary N) is 1. The number of nitrogens with zero attached hydrogens (tertiary/aromatic N) is 5. The number of aliphatic imine (C=N–C) groups is 1. The topological polar surface area (TPSA) is 47.0 Å². The van der Waals surface area contributed by atoms with Crippen molar-refractivity contribution in [2.45, 2.75) is 26.2 Å². The molecule has 2 aliphatic heterocycles. The largest absolute Gasteiger partial charge is 0.368 e. The summed E-state index contributed by atoms with van der Waals surface area (Å²) in [6.07, 6.45) is 3.49. The zero-order valence-electron chi connectivity index (χ0n) is 17.4. The molecule has 2 aromatic rings. The van der Waals surface area contributed by atoms with E-state index in [1.165, 1.54) is 29.4 Å². The Morgan fingerprint density at radius 3 is 2.52 bits per heavy atom.